The number of ether oxygens (including phenoxy) is 1. The van der Waals surface area contributed by atoms with Gasteiger partial charge in [-0.3, -0.25) is 4.79 Å². The number of carbonyl (C=O) groups excluding carboxylic acids is 1. The zero-order chi connectivity index (χ0) is 14.4. The topological polar surface area (TPSA) is 58.6 Å². The third kappa shape index (κ3) is 4.02. The average molecular weight is 271 g/mol. The summed E-state index contributed by atoms with van der Waals surface area (Å²) in [6, 6.07) is 13.9. The van der Waals surface area contributed by atoms with Crippen LogP contribution in [0.15, 0.2) is 48.5 Å². The van der Waals surface area contributed by atoms with Crippen molar-refractivity contribution in [2.75, 3.05) is 13.2 Å². The fourth-order valence-electron chi connectivity index (χ4n) is 1.75. The lowest BCUT2D eigenvalue weighted by Crippen LogP contribution is -2.28. The summed E-state index contributed by atoms with van der Waals surface area (Å²) >= 11 is 0. The highest BCUT2D eigenvalue weighted by molar-refractivity contribution is 5.94. The first kappa shape index (κ1) is 13.9. The molecule has 104 valence electrons. The summed E-state index contributed by atoms with van der Waals surface area (Å²) < 4.78 is 5.54. The van der Waals surface area contributed by atoms with Gasteiger partial charge in [0.1, 0.15) is 18.1 Å². The number of benzene rings is 2. The molecule has 2 aromatic rings. The molecule has 0 fully saturated rings. The van der Waals surface area contributed by atoms with Gasteiger partial charge in [0.15, 0.2) is 0 Å². The maximum atomic E-state index is 11.8. The molecule has 4 nitrogen and oxygen atoms in total. The molecule has 0 aliphatic heterocycles. The van der Waals surface area contributed by atoms with Crippen molar-refractivity contribution in [2.24, 2.45) is 0 Å². The van der Waals surface area contributed by atoms with Gasteiger partial charge in [0.25, 0.3) is 5.91 Å². The van der Waals surface area contributed by atoms with E-state index in [1.807, 2.05) is 31.2 Å². The summed E-state index contributed by atoms with van der Waals surface area (Å²) in [5.74, 6) is 0.756. The summed E-state index contributed by atoms with van der Waals surface area (Å²) in [6.07, 6.45) is 0. The maximum absolute atomic E-state index is 11.8. The lowest BCUT2D eigenvalue weighted by molar-refractivity contribution is 0.0947. The zero-order valence-electron chi connectivity index (χ0n) is 11.3. The quantitative estimate of drug-likeness (QED) is 0.821. The molecular formula is C16H17NO3. The van der Waals surface area contributed by atoms with E-state index in [-0.39, 0.29) is 11.7 Å². The van der Waals surface area contributed by atoms with Gasteiger partial charge in [0.05, 0.1) is 6.54 Å². The first-order valence-corrected chi connectivity index (χ1v) is 6.42. The minimum absolute atomic E-state index is 0.143. The van der Waals surface area contributed by atoms with Gasteiger partial charge < -0.3 is 15.2 Å². The molecule has 0 aliphatic rings. The fraction of sp³-hybridized carbons (Fsp3) is 0.188. The molecule has 4 heteroatoms. The van der Waals surface area contributed by atoms with Crippen LogP contribution >= 0.6 is 0 Å². The van der Waals surface area contributed by atoms with Crippen molar-refractivity contribution >= 4 is 5.91 Å². The van der Waals surface area contributed by atoms with E-state index >= 15 is 0 Å². The minimum atomic E-state index is -0.183. The Labute approximate surface area is 118 Å². The molecule has 0 unspecified atom stereocenters. The number of aromatic hydroxyl groups is 1. The monoisotopic (exact) mass is 271 g/mol. The van der Waals surface area contributed by atoms with Gasteiger partial charge >= 0.3 is 0 Å². The van der Waals surface area contributed by atoms with Gasteiger partial charge in [0, 0.05) is 5.56 Å². The molecule has 1 amide bonds. The Morgan fingerprint density at radius 2 is 1.95 bits per heavy atom. The van der Waals surface area contributed by atoms with E-state index in [0.717, 1.165) is 11.3 Å². The van der Waals surface area contributed by atoms with Crippen LogP contribution in [0.3, 0.4) is 0 Å². The highest BCUT2D eigenvalue weighted by Gasteiger charge is 2.04. The summed E-state index contributed by atoms with van der Waals surface area (Å²) in [7, 11) is 0. The Morgan fingerprint density at radius 1 is 1.20 bits per heavy atom. The highest BCUT2D eigenvalue weighted by Crippen LogP contribution is 2.12. The number of carbonyl (C=O) groups is 1. The second-order valence-electron chi connectivity index (χ2n) is 4.47. The van der Waals surface area contributed by atoms with E-state index in [4.69, 9.17) is 9.84 Å². The van der Waals surface area contributed by atoms with E-state index in [0.29, 0.717) is 18.7 Å². The van der Waals surface area contributed by atoms with Crippen LogP contribution < -0.4 is 10.1 Å². The number of aryl methyl sites for hydroxylation is 1. The summed E-state index contributed by atoms with van der Waals surface area (Å²) in [6.45, 7) is 2.83. The smallest absolute Gasteiger partial charge is 0.251 e. The second-order valence-corrected chi connectivity index (χ2v) is 4.47. The van der Waals surface area contributed by atoms with Gasteiger partial charge in [0.2, 0.25) is 0 Å². The molecule has 0 aliphatic carbocycles. The molecule has 20 heavy (non-hydrogen) atoms. The Morgan fingerprint density at radius 3 is 2.65 bits per heavy atom. The van der Waals surface area contributed by atoms with Crippen LogP contribution in [0.5, 0.6) is 11.5 Å². The third-order valence-corrected chi connectivity index (χ3v) is 2.78. The van der Waals surface area contributed by atoms with Crippen LogP contribution in [0.1, 0.15) is 15.9 Å². The number of nitrogens with one attached hydrogen (secondary N) is 1. The molecule has 0 saturated heterocycles. The number of amides is 1. The van der Waals surface area contributed by atoms with Crippen molar-refractivity contribution < 1.29 is 14.6 Å². The molecule has 0 atom stereocenters. The van der Waals surface area contributed by atoms with Gasteiger partial charge in [-0.15, -0.1) is 0 Å². The van der Waals surface area contributed by atoms with Crippen molar-refractivity contribution in [1.82, 2.24) is 5.32 Å². The Hall–Kier alpha value is -2.49. The van der Waals surface area contributed by atoms with Crippen molar-refractivity contribution in [3.8, 4) is 11.5 Å². The summed E-state index contributed by atoms with van der Waals surface area (Å²) in [5.41, 5.74) is 1.65. The second kappa shape index (κ2) is 6.61. The molecule has 0 heterocycles. The van der Waals surface area contributed by atoms with E-state index in [2.05, 4.69) is 5.32 Å². The van der Waals surface area contributed by atoms with E-state index in [1.54, 1.807) is 12.1 Å². The van der Waals surface area contributed by atoms with Gasteiger partial charge in [-0.25, -0.2) is 0 Å². The lowest BCUT2D eigenvalue weighted by Gasteiger charge is -2.08. The van der Waals surface area contributed by atoms with Crippen LogP contribution in [-0.4, -0.2) is 24.2 Å². The number of hydrogen-bond acceptors (Lipinski definition) is 3. The molecule has 0 radical (unpaired) electrons. The predicted octanol–water partition coefficient (Wildman–Crippen LogP) is 2.51. The number of rotatable bonds is 5. The van der Waals surface area contributed by atoms with Crippen LogP contribution in [0.2, 0.25) is 0 Å². The van der Waals surface area contributed by atoms with Crippen molar-refractivity contribution in [3.63, 3.8) is 0 Å². The van der Waals surface area contributed by atoms with Crippen LogP contribution in [0, 0.1) is 6.92 Å². The largest absolute Gasteiger partial charge is 0.508 e. The van der Waals surface area contributed by atoms with E-state index < -0.39 is 0 Å². The van der Waals surface area contributed by atoms with Crippen LogP contribution in [0.4, 0.5) is 0 Å². The molecule has 0 saturated carbocycles. The van der Waals surface area contributed by atoms with Gasteiger partial charge in [-0.2, -0.15) is 0 Å². The molecule has 0 bridgehead atoms. The van der Waals surface area contributed by atoms with E-state index in [1.165, 1.54) is 12.1 Å². The van der Waals surface area contributed by atoms with Gasteiger partial charge in [-0.1, -0.05) is 12.1 Å². The number of hydrogen-bond donors (Lipinski definition) is 2. The fourth-order valence-corrected chi connectivity index (χ4v) is 1.75. The SMILES string of the molecule is Cc1cccc(OCCNC(=O)c2ccc(O)cc2)c1. The predicted molar refractivity (Wildman–Crippen MR) is 77.1 cm³/mol. The van der Waals surface area contributed by atoms with Crippen LogP contribution in [0.25, 0.3) is 0 Å². The Bertz CT molecular complexity index is 579. The number of phenols is 1. The first-order chi connectivity index (χ1) is 9.65. The van der Waals surface area contributed by atoms with Gasteiger partial charge in [-0.05, 0) is 48.9 Å². The molecule has 2 aromatic carbocycles. The maximum Gasteiger partial charge on any atom is 0.251 e. The van der Waals surface area contributed by atoms with Crippen LogP contribution in [-0.2, 0) is 0 Å². The standard InChI is InChI=1S/C16H17NO3/c1-12-3-2-4-15(11-12)20-10-9-17-16(19)13-5-7-14(18)8-6-13/h2-8,11,18H,9-10H2,1H3,(H,17,19). The van der Waals surface area contributed by atoms with Crippen molar-refractivity contribution in [3.05, 3.63) is 59.7 Å². The highest BCUT2D eigenvalue weighted by atomic mass is 16.5. The normalized spacial score (nSPS) is 10.1. The first-order valence-electron chi connectivity index (χ1n) is 6.42. The lowest BCUT2D eigenvalue weighted by atomic mass is 10.2. The van der Waals surface area contributed by atoms with E-state index in [9.17, 15) is 4.79 Å². The molecular weight excluding hydrogens is 254 g/mol. The van der Waals surface area contributed by atoms with Crippen molar-refractivity contribution in [2.45, 2.75) is 6.92 Å². The number of phenolic OH excluding ortho intramolecular Hbond substituents is 1. The van der Waals surface area contributed by atoms with Crippen molar-refractivity contribution in [1.29, 1.82) is 0 Å². The molecule has 0 aromatic heterocycles. The summed E-state index contributed by atoms with van der Waals surface area (Å²) in [5, 5.41) is 11.9. The zero-order valence-corrected chi connectivity index (χ0v) is 11.3. The Balaban J connectivity index is 1.76. The molecule has 2 N–H and O–H groups in total. The minimum Gasteiger partial charge on any atom is -0.508 e. The Kier molecular flexibility index (Phi) is 4.60. The average Bonchev–Trinajstić information content (AvgIpc) is 2.44. The molecule has 2 rings (SSSR count). The summed E-state index contributed by atoms with van der Waals surface area (Å²) in [4.78, 5) is 11.8. The molecule has 0 spiro atoms. The third-order valence-electron chi connectivity index (χ3n) is 2.78.